The van der Waals surface area contributed by atoms with Crippen LogP contribution < -0.4 is 0 Å². The molecular weight excluding hydrogens is 322 g/mol. The Kier molecular flexibility index (Phi) is 17.0. The van der Waals surface area contributed by atoms with Crippen molar-refractivity contribution in [2.24, 2.45) is 0 Å². The van der Waals surface area contributed by atoms with Crippen LogP contribution in [0.5, 0.6) is 0 Å². The SMILES string of the molecule is O=S(=O)(O)O.[La].[O]=[Mn]=[O]. The van der Waals surface area contributed by atoms with Gasteiger partial charge in [-0.25, -0.2) is 0 Å². The molecule has 0 unspecified atom stereocenters. The molecule has 1 radical (unpaired) electrons. The summed E-state index contributed by atoms with van der Waals surface area (Å²) in [5.41, 5.74) is 0. The monoisotopic (exact) mass is 324 g/mol. The Labute approximate surface area is 85.1 Å². The van der Waals surface area contributed by atoms with Crippen LogP contribution in [0.2, 0.25) is 0 Å². The molecule has 0 aromatic rings. The minimum atomic E-state index is -4.67. The van der Waals surface area contributed by atoms with Gasteiger partial charge in [0, 0.05) is 35.6 Å². The molecule has 0 bridgehead atoms. The Balaban J connectivity index is -0.0000000800. The van der Waals surface area contributed by atoms with E-state index in [4.69, 9.17) is 25.2 Å². The van der Waals surface area contributed by atoms with E-state index < -0.39 is 25.2 Å². The van der Waals surface area contributed by atoms with E-state index in [1.54, 1.807) is 0 Å². The Morgan fingerprint density at radius 2 is 1.11 bits per heavy atom. The molecule has 9 heavy (non-hydrogen) atoms. The predicted molar refractivity (Wildman–Crippen MR) is 15.6 cm³/mol. The molecule has 6 nitrogen and oxygen atoms in total. The van der Waals surface area contributed by atoms with Crippen LogP contribution in [0.1, 0.15) is 0 Å². The fourth-order valence-electron chi connectivity index (χ4n) is 0. The van der Waals surface area contributed by atoms with Crippen molar-refractivity contribution >= 4 is 10.4 Å². The van der Waals surface area contributed by atoms with Crippen molar-refractivity contribution < 1.29 is 75.6 Å². The van der Waals surface area contributed by atoms with E-state index in [1.807, 2.05) is 0 Å². The summed E-state index contributed by atoms with van der Waals surface area (Å²) in [6.07, 6.45) is 0. The van der Waals surface area contributed by atoms with Crippen LogP contribution in [0, 0.1) is 35.6 Å². The van der Waals surface area contributed by atoms with Crippen molar-refractivity contribution in [2.45, 2.75) is 0 Å². The van der Waals surface area contributed by atoms with Crippen LogP contribution in [0.15, 0.2) is 0 Å². The molecule has 0 aliphatic rings. The van der Waals surface area contributed by atoms with E-state index >= 15 is 0 Å². The summed E-state index contributed by atoms with van der Waals surface area (Å²) in [5.74, 6) is 0. The van der Waals surface area contributed by atoms with E-state index in [-0.39, 0.29) is 35.6 Å². The second-order valence-electron chi connectivity index (χ2n) is 0.511. The zero-order chi connectivity index (χ0) is 7.21. The van der Waals surface area contributed by atoms with E-state index in [0.29, 0.717) is 0 Å². The fourth-order valence-corrected chi connectivity index (χ4v) is 0. The molecule has 0 amide bonds. The molecule has 0 atom stereocenters. The van der Waals surface area contributed by atoms with Gasteiger partial charge in [0.25, 0.3) is 0 Å². The Morgan fingerprint density at radius 1 is 1.11 bits per heavy atom. The fraction of sp³-hybridized carbons (Fsp3) is 0. The predicted octanol–water partition coefficient (Wildman–Crippen LogP) is -0.893. The van der Waals surface area contributed by atoms with Crippen LogP contribution in [0.4, 0.5) is 0 Å². The summed E-state index contributed by atoms with van der Waals surface area (Å²) in [6.45, 7) is 0. The zero-order valence-corrected chi connectivity index (χ0v) is 9.51. The van der Waals surface area contributed by atoms with Crippen molar-refractivity contribution in [1.29, 1.82) is 0 Å². The first-order valence-electron chi connectivity index (χ1n) is 1.01. The molecule has 0 rings (SSSR count). The van der Waals surface area contributed by atoms with Crippen molar-refractivity contribution in [1.82, 2.24) is 0 Å². The molecule has 0 aromatic heterocycles. The van der Waals surface area contributed by atoms with E-state index in [1.165, 1.54) is 0 Å². The van der Waals surface area contributed by atoms with Crippen LogP contribution in [0.3, 0.4) is 0 Å². The summed E-state index contributed by atoms with van der Waals surface area (Å²) < 4.78 is 48.4. The summed E-state index contributed by atoms with van der Waals surface area (Å²) in [4.78, 5) is 0. The summed E-state index contributed by atoms with van der Waals surface area (Å²) >= 11 is -1.44. The average Bonchev–Trinajstić information content (AvgIpc) is 1.27. The van der Waals surface area contributed by atoms with Gasteiger partial charge >= 0.3 is 32.9 Å². The Bertz CT molecular complexity index is 153. The number of hydrogen-bond acceptors (Lipinski definition) is 4. The molecule has 9 heteroatoms. The van der Waals surface area contributed by atoms with Crippen molar-refractivity contribution in [2.75, 3.05) is 0 Å². The van der Waals surface area contributed by atoms with E-state index in [9.17, 15) is 0 Å². The van der Waals surface area contributed by atoms with Gasteiger partial charge < -0.3 is 0 Å². The van der Waals surface area contributed by atoms with Gasteiger partial charge in [-0.3, -0.25) is 9.11 Å². The summed E-state index contributed by atoms with van der Waals surface area (Å²) in [7, 11) is -4.67. The third-order valence-electron chi connectivity index (χ3n) is 0. The molecule has 2 N–H and O–H groups in total. The maximum absolute atomic E-state index is 8.74. The van der Waals surface area contributed by atoms with E-state index in [2.05, 4.69) is 0 Å². The van der Waals surface area contributed by atoms with Crippen molar-refractivity contribution in [3.8, 4) is 0 Å². The normalized spacial score (nSPS) is 7.78. The van der Waals surface area contributed by atoms with Crippen LogP contribution in [-0.2, 0) is 32.9 Å². The van der Waals surface area contributed by atoms with Gasteiger partial charge in [-0.05, 0) is 0 Å². The molecular formula is H2LaMnO6S. The first kappa shape index (κ1) is 16.6. The molecule has 0 spiro atoms. The summed E-state index contributed by atoms with van der Waals surface area (Å²) in [5, 5.41) is 0. The molecule has 0 saturated heterocycles. The minimum absolute atomic E-state index is 0. The van der Waals surface area contributed by atoms with Gasteiger partial charge in [0.1, 0.15) is 0 Å². The van der Waals surface area contributed by atoms with Crippen LogP contribution in [-0.4, -0.2) is 17.5 Å². The van der Waals surface area contributed by atoms with Gasteiger partial charge in [-0.15, -0.1) is 0 Å². The molecule has 0 heterocycles. The maximum atomic E-state index is 8.74. The van der Waals surface area contributed by atoms with Gasteiger partial charge in [0.05, 0.1) is 0 Å². The van der Waals surface area contributed by atoms with Gasteiger partial charge in [0.2, 0.25) is 0 Å². The second-order valence-corrected chi connectivity index (χ2v) is 1.60. The third kappa shape index (κ3) is 338. The van der Waals surface area contributed by atoms with Crippen LogP contribution in [0.25, 0.3) is 0 Å². The zero-order valence-electron chi connectivity index (χ0n) is 3.89. The number of rotatable bonds is 0. The topological polar surface area (TPSA) is 109 Å². The standard InChI is InChI=1S/La.Mn.H2O4S.2O/c;;1-5(2,3)4;;/h;;(H2,1,2,3,4);;. The van der Waals surface area contributed by atoms with E-state index in [0.717, 1.165) is 0 Å². The van der Waals surface area contributed by atoms with Crippen molar-refractivity contribution in [3.63, 3.8) is 0 Å². The summed E-state index contributed by atoms with van der Waals surface area (Å²) in [6, 6.07) is 0. The molecule has 0 aliphatic carbocycles. The molecule has 0 saturated carbocycles. The molecule has 0 fully saturated rings. The van der Waals surface area contributed by atoms with Gasteiger partial charge in [0.15, 0.2) is 0 Å². The quantitative estimate of drug-likeness (QED) is 0.442. The molecule has 0 aliphatic heterocycles. The van der Waals surface area contributed by atoms with Gasteiger partial charge in [-0.2, -0.15) is 8.42 Å². The van der Waals surface area contributed by atoms with Crippen molar-refractivity contribution in [3.05, 3.63) is 0 Å². The third-order valence-corrected chi connectivity index (χ3v) is 0. The van der Waals surface area contributed by atoms with Crippen LogP contribution >= 0.6 is 0 Å². The second kappa shape index (κ2) is 9.18. The molecule has 54 valence electrons. The average molecular weight is 324 g/mol. The first-order chi connectivity index (χ1) is 3.41. The Morgan fingerprint density at radius 3 is 1.11 bits per heavy atom. The molecule has 0 aromatic carbocycles. The van der Waals surface area contributed by atoms with Gasteiger partial charge in [-0.1, -0.05) is 0 Å². The Hall–Kier alpha value is 1.18. The number of hydrogen-bond donors (Lipinski definition) is 2. The first-order valence-corrected chi connectivity index (χ1v) is 3.37.